The number of rotatable bonds is 5. The molecule has 4 nitrogen and oxygen atoms in total. The third kappa shape index (κ3) is 2.65. The first kappa shape index (κ1) is 14.5. The van der Waals surface area contributed by atoms with Crippen molar-refractivity contribution in [3.05, 3.63) is 47.3 Å². The molecule has 20 heavy (non-hydrogen) atoms. The molecule has 0 saturated carbocycles. The molecule has 0 bridgehead atoms. The van der Waals surface area contributed by atoms with Crippen LogP contribution in [0.15, 0.2) is 24.4 Å². The summed E-state index contributed by atoms with van der Waals surface area (Å²) in [5.74, 6) is -1.44. The van der Waals surface area contributed by atoms with Crippen LogP contribution in [0.1, 0.15) is 24.3 Å². The zero-order valence-electron chi connectivity index (χ0n) is 11.3. The van der Waals surface area contributed by atoms with Gasteiger partial charge in [-0.2, -0.15) is 5.10 Å². The van der Waals surface area contributed by atoms with Gasteiger partial charge >= 0.3 is 0 Å². The molecule has 1 atom stereocenters. The first-order chi connectivity index (χ1) is 9.58. The summed E-state index contributed by atoms with van der Waals surface area (Å²) in [6, 6.07) is 3.90. The van der Waals surface area contributed by atoms with Crippen molar-refractivity contribution in [2.75, 3.05) is 7.11 Å². The van der Waals surface area contributed by atoms with E-state index in [2.05, 4.69) is 5.10 Å². The van der Waals surface area contributed by atoms with Gasteiger partial charge in [0.2, 0.25) is 0 Å². The highest BCUT2D eigenvalue weighted by molar-refractivity contribution is 5.29. The zero-order valence-corrected chi connectivity index (χ0v) is 11.3. The molecule has 0 spiro atoms. The van der Waals surface area contributed by atoms with Crippen LogP contribution in [-0.2, 0) is 13.0 Å². The van der Waals surface area contributed by atoms with Crippen molar-refractivity contribution in [1.29, 1.82) is 0 Å². The second kappa shape index (κ2) is 6.00. The molecule has 0 saturated heterocycles. The second-order valence-corrected chi connectivity index (χ2v) is 4.35. The van der Waals surface area contributed by atoms with Crippen molar-refractivity contribution in [3.8, 4) is 5.75 Å². The number of ether oxygens (including phenoxy) is 1. The lowest BCUT2D eigenvalue weighted by molar-refractivity contribution is 0.161. The molecule has 0 amide bonds. The Kier molecular flexibility index (Phi) is 4.34. The Labute approximate surface area is 115 Å². The van der Waals surface area contributed by atoms with Gasteiger partial charge in [-0.3, -0.25) is 4.68 Å². The number of nitrogens with zero attached hydrogens (tertiary/aromatic N) is 2. The minimum Gasteiger partial charge on any atom is -0.493 e. The monoisotopic (exact) mass is 282 g/mol. The van der Waals surface area contributed by atoms with Gasteiger partial charge in [0.15, 0.2) is 17.4 Å². The van der Waals surface area contributed by atoms with E-state index in [0.29, 0.717) is 18.0 Å². The quantitative estimate of drug-likeness (QED) is 0.916. The Morgan fingerprint density at radius 1 is 1.40 bits per heavy atom. The average Bonchev–Trinajstić information content (AvgIpc) is 2.86. The fourth-order valence-electron chi connectivity index (χ4n) is 2.13. The maximum atomic E-state index is 13.6. The first-order valence-corrected chi connectivity index (χ1v) is 6.29. The molecule has 0 aliphatic heterocycles. The maximum absolute atomic E-state index is 13.6. The van der Waals surface area contributed by atoms with Gasteiger partial charge in [-0.25, -0.2) is 8.78 Å². The van der Waals surface area contributed by atoms with Crippen LogP contribution in [-0.4, -0.2) is 22.0 Å². The van der Waals surface area contributed by atoms with E-state index in [4.69, 9.17) is 4.74 Å². The van der Waals surface area contributed by atoms with E-state index in [1.54, 1.807) is 4.68 Å². The molecule has 0 fully saturated rings. The highest BCUT2D eigenvalue weighted by Gasteiger charge is 2.21. The Balaban J connectivity index is 2.30. The van der Waals surface area contributed by atoms with Crippen LogP contribution in [0, 0.1) is 11.6 Å². The topological polar surface area (TPSA) is 47.3 Å². The van der Waals surface area contributed by atoms with Crippen LogP contribution >= 0.6 is 0 Å². The predicted octanol–water partition coefficient (Wildman–Crippen LogP) is 2.47. The molecule has 6 heteroatoms. The fraction of sp³-hybridized carbons (Fsp3) is 0.357. The van der Waals surface area contributed by atoms with Crippen LogP contribution in [0.3, 0.4) is 0 Å². The number of halogens is 2. The number of aryl methyl sites for hydroxylation is 1. The van der Waals surface area contributed by atoms with Crippen LogP contribution in [0.5, 0.6) is 5.75 Å². The molecular weight excluding hydrogens is 266 g/mol. The maximum Gasteiger partial charge on any atom is 0.162 e. The van der Waals surface area contributed by atoms with Gasteiger partial charge < -0.3 is 9.84 Å². The standard InChI is InChI=1S/C14H16F2N2O2/c1-3-18-14(12(20-2)8-17-18)11(19)7-9-5-4-6-10(15)13(9)16/h4-6,8,11,19H,3,7H2,1-2H3. The van der Waals surface area contributed by atoms with E-state index >= 15 is 0 Å². The number of aromatic nitrogens is 2. The van der Waals surface area contributed by atoms with E-state index in [-0.39, 0.29) is 12.0 Å². The molecule has 1 aromatic carbocycles. The van der Waals surface area contributed by atoms with Gasteiger partial charge in [0.1, 0.15) is 11.8 Å². The van der Waals surface area contributed by atoms with Gasteiger partial charge in [0, 0.05) is 13.0 Å². The number of hydrogen-bond acceptors (Lipinski definition) is 3. The lowest BCUT2D eigenvalue weighted by atomic mass is 10.0. The molecule has 1 heterocycles. The van der Waals surface area contributed by atoms with Gasteiger partial charge in [-0.15, -0.1) is 0 Å². The SMILES string of the molecule is CCn1ncc(OC)c1C(O)Cc1cccc(F)c1F. The molecular formula is C14H16F2N2O2. The summed E-state index contributed by atoms with van der Waals surface area (Å²) >= 11 is 0. The Bertz CT molecular complexity index is 577. The molecule has 2 aromatic rings. The van der Waals surface area contributed by atoms with Crippen molar-refractivity contribution in [3.63, 3.8) is 0 Å². The molecule has 1 unspecified atom stereocenters. The van der Waals surface area contributed by atoms with Gasteiger partial charge in [0.05, 0.1) is 13.3 Å². The number of aliphatic hydroxyl groups excluding tert-OH is 1. The second-order valence-electron chi connectivity index (χ2n) is 4.35. The van der Waals surface area contributed by atoms with Gasteiger partial charge in [-0.1, -0.05) is 12.1 Å². The smallest absolute Gasteiger partial charge is 0.162 e. The number of methoxy groups -OCH3 is 1. The predicted molar refractivity (Wildman–Crippen MR) is 69.5 cm³/mol. The summed E-state index contributed by atoms with van der Waals surface area (Å²) < 4.78 is 33.5. The Morgan fingerprint density at radius 2 is 2.15 bits per heavy atom. The lowest BCUT2D eigenvalue weighted by Gasteiger charge is -2.14. The summed E-state index contributed by atoms with van der Waals surface area (Å²) in [6.07, 6.45) is 0.416. The van der Waals surface area contributed by atoms with Crippen LogP contribution < -0.4 is 4.74 Å². The Hall–Kier alpha value is -1.95. The molecule has 0 radical (unpaired) electrons. The molecule has 1 aromatic heterocycles. The summed E-state index contributed by atoms with van der Waals surface area (Å²) in [7, 11) is 1.47. The van der Waals surface area contributed by atoms with Gasteiger partial charge in [0.25, 0.3) is 0 Å². The lowest BCUT2D eigenvalue weighted by Crippen LogP contribution is -2.12. The van der Waals surface area contributed by atoms with Gasteiger partial charge in [-0.05, 0) is 18.6 Å². The summed E-state index contributed by atoms with van der Waals surface area (Å²) in [5.41, 5.74) is 0.571. The van der Waals surface area contributed by atoms with E-state index in [1.807, 2.05) is 6.92 Å². The molecule has 1 N–H and O–H groups in total. The molecule has 108 valence electrons. The van der Waals surface area contributed by atoms with Crippen molar-refractivity contribution in [1.82, 2.24) is 9.78 Å². The number of hydrogen-bond donors (Lipinski definition) is 1. The summed E-state index contributed by atoms with van der Waals surface area (Å²) in [6.45, 7) is 2.41. The normalized spacial score (nSPS) is 12.4. The first-order valence-electron chi connectivity index (χ1n) is 6.29. The largest absolute Gasteiger partial charge is 0.493 e. The third-order valence-corrected chi connectivity index (χ3v) is 3.12. The molecule has 2 rings (SSSR count). The van der Waals surface area contributed by atoms with Crippen LogP contribution in [0.2, 0.25) is 0 Å². The van der Waals surface area contributed by atoms with Crippen molar-refractivity contribution < 1.29 is 18.6 Å². The van der Waals surface area contributed by atoms with Crippen molar-refractivity contribution in [2.24, 2.45) is 0 Å². The summed E-state index contributed by atoms with van der Waals surface area (Å²) in [4.78, 5) is 0. The minimum absolute atomic E-state index is 0.0500. The zero-order chi connectivity index (χ0) is 14.7. The summed E-state index contributed by atoms with van der Waals surface area (Å²) in [5, 5.41) is 14.3. The van der Waals surface area contributed by atoms with Crippen LogP contribution in [0.4, 0.5) is 8.78 Å². The average molecular weight is 282 g/mol. The third-order valence-electron chi connectivity index (χ3n) is 3.12. The molecule has 0 aliphatic carbocycles. The fourth-order valence-corrected chi connectivity index (χ4v) is 2.13. The van der Waals surface area contributed by atoms with Crippen molar-refractivity contribution in [2.45, 2.75) is 26.0 Å². The van der Waals surface area contributed by atoms with Crippen LogP contribution in [0.25, 0.3) is 0 Å². The molecule has 0 aliphatic rings. The highest BCUT2D eigenvalue weighted by Crippen LogP contribution is 2.28. The Morgan fingerprint density at radius 3 is 2.80 bits per heavy atom. The number of aliphatic hydroxyl groups is 1. The van der Waals surface area contributed by atoms with Crippen molar-refractivity contribution >= 4 is 0 Å². The minimum atomic E-state index is -1.02. The van der Waals surface area contributed by atoms with E-state index in [1.165, 1.54) is 25.4 Å². The van der Waals surface area contributed by atoms with E-state index in [9.17, 15) is 13.9 Å². The van der Waals surface area contributed by atoms with E-state index in [0.717, 1.165) is 6.07 Å². The number of benzene rings is 1. The van der Waals surface area contributed by atoms with E-state index < -0.39 is 17.7 Å². The highest BCUT2D eigenvalue weighted by atomic mass is 19.2.